The number of alkyl halides is 1. The summed E-state index contributed by atoms with van der Waals surface area (Å²) in [7, 11) is -3.21. The fraction of sp³-hybridized carbons (Fsp3) is 0.294. The minimum Gasteiger partial charge on any atom is -0.497 e. The molecule has 146 valence electrons. The molecule has 0 radical (unpaired) electrons. The smallest absolute Gasteiger partial charge is 0.378 e. The summed E-state index contributed by atoms with van der Waals surface area (Å²) >= 11 is 0. The summed E-state index contributed by atoms with van der Waals surface area (Å²) in [6.07, 6.45) is 2.37. The molecule has 1 heterocycles. The number of aromatic nitrogens is 1. The Hall–Kier alpha value is -2.40. The number of nitrogens with two attached hydrogens (primary N) is 1. The van der Waals surface area contributed by atoms with Gasteiger partial charge in [-0.25, -0.2) is 4.79 Å². The number of pyridine rings is 1. The number of amides is 1. The molecule has 0 aliphatic heterocycles. The third-order valence-electron chi connectivity index (χ3n) is 3.96. The van der Waals surface area contributed by atoms with Crippen LogP contribution in [0.1, 0.15) is 12.0 Å². The Bertz CT molecular complexity index is 877. The lowest BCUT2D eigenvalue weighted by Gasteiger charge is -2.28. The lowest BCUT2D eigenvalue weighted by Crippen LogP contribution is -2.59. The van der Waals surface area contributed by atoms with E-state index in [-0.39, 0.29) is 10.5 Å². The van der Waals surface area contributed by atoms with E-state index >= 15 is 0 Å². The number of methoxy groups -OCH3 is 1. The first-order valence-corrected chi connectivity index (χ1v) is 9.45. The van der Waals surface area contributed by atoms with Crippen LogP contribution in [-0.4, -0.2) is 48.4 Å². The first-order chi connectivity index (χ1) is 12.8. The Morgan fingerprint density at radius 2 is 2.00 bits per heavy atom. The van der Waals surface area contributed by atoms with Gasteiger partial charge in [0.2, 0.25) is 0 Å². The molecule has 10 heteroatoms. The van der Waals surface area contributed by atoms with Gasteiger partial charge in [-0.15, -0.1) is 0 Å². The molecule has 1 amide bonds. The lowest BCUT2D eigenvalue weighted by molar-refractivity contribution is -0.947. The summed E-state index contributed by atoms with van der Waals surface area (Å²) in [6.45, 7) is -1.55. The van der Waals surface area contributed by atoms with Crippen molar-refractivity contribution in [3.8, 4) is 5.75 Å². The highest BCUT2D eigenvalue weighted by molar-refractivity contribution is 7.86. The number of rotatable bonds is 8. The van der Waals surface area contributed by atoms with Gasteiger partial charge in [-0.3, -0.25) is 9.37 Å². The van der Waals surface area contributed by atoms with Crippen molar-refractivity contribution in [2.75, 3.05) is 13.8 Å². The molecule has 2 aromatic rings. The van der Waals surface area contributed by atoms with E-state index in [1.54, 1.807) is 0 Å². The molecule has 3 N–H and O–H groups in total. The van der Waals surface area contributed by atoms with Crippen LogP contribution >= 0.6 is 0 Å². The quantitative estimate of drug-likeness (QED) is 0.392. The van der Waals surface area contributed by atoms with Gasteiger partial charge in [-0.1, -0.05) is 6.07 Å². The van der Waals surface area contributed by atoms with Crippen LogP contribution in [0.3, 0.4) is 0 Å². The summed E-state index contributed by atoms with van der Waals surface area (Å²) in [5.74, 6) is -0.829. The maximum Gasteiger partial charge on any atom is 0.378 e. The molecule has 2 rings (SSSR count). The number of hydrogen-bond acceptors (Lipinski definition) is 7. The zero-order valence-electron chi connectivity index (χ0n) is 14.7. The normalized spacial score (nSPS) is 15.0. The Kier molecular flexibility index (Phi) is 6.60. The number of nitrogens with zero attached hydrogens (tertiary/aromatic N) is 2. The minimum absolute atomic E-state index is 0.290. The van der Waals surface area contributed by atoms with Crippen molar-refractivity contribution in [3.05, 3.63) is 54.4 Å². The van der Waals surface area contributed by atoms with Gasteiger partial charge in [0, 0.05) is 24.4 Å². The van der Waals surface area contributed by atoms with Gasteiger partial charge < -0.3 is 10.5 Å². The van der Waals surface area contributed by atoms with E-state index in [9.17, 15) is 22.8 Å². The third-order valence-corrected chi connectivity index (χ3v) is 5.93. The Balaban J connectivity index is 2.53. The molecule has 2 atom stereocenters. The van der Waals surface area contributed by atoms with Crippen molar-refractivity contribution in [2.45, 2.75) is 23.9 Å². The van der Waals surface area contributed by atoms with E-state index in [0.717, 1.165) is 0 Å². The van der Waals surface area contributed by atoms with E-state index in [4.69, 9.17) is 10.5 Å². The first-order valence-electron chi connectivity index (χ1n) is 8.01. The van der Waals surface area contributed by atoms with Crippen LogP contribution in [0, 0.1) is 0 Å². The SMILES string of the molecule is COc1ccc(S(=O)(=O)[N@+](O)(Cc2cccnc2)C(=O)C(N)CCF)cc1. The van der Waals surface area contributed by atoms with Gasteiger partial charge in [0.25, 0.3) is 0 Å². The van der Waals surface area contributed by atoms with Crippen LogP contribution in [0.2, 0.25) is 0 Å². The van der Waals surface area contributed by atoms with Crippen LogP contribution < -0.4 is 10.5 Å². The standard InChI is InChI=1S/C17H21FN3O5S/c1-26-14-4-6-15(7-5-14)27(24,25)21(23,17(22)16(19)8-9-18)12-13-3-2-10-20-11-13/h2-7,10-11,16,23H,8-9,12,19H2,1H3/q+1/t16?,21-/m1/s1. The molecule has 1 aromatic heterocycles. The van der Waals surface area contributed by atoms with Crippen LogP contribution in [0.4, 0.5) is 4.39 Å². The highest BCUT2D eigenvalue weighted by Gasteiger charge is 2.52. The number of benzene rings is 1. The molecular weight excluding hydrogens is 377 g/mol. The molecular formula is C17H21FN3O5S+. The van der Waals surface area contributed by atoms with E-state index in [1.807, 2.05) is 0 Å². The number of hydrogen-bond donors (Lipinski definition) is 2. The molecule has 0 aliphatic carbocycles. The van der Waals surface area contributed by atoms with Gasteiger partial charge >= 0.3 is 15.9 Å². The number of halogens is 1. The summed E-state index contributed by atoms with van der Waals surface area (Å²) < 4.78 is 41.8. The van der Waals surface area contributed by atoms with Crippen LogP contribution in [-0.2, 0) is 21.4 Å². The molecule has 1 aromatic carbocycles. The highest BCUT2D eigenvalue weighted by Crippen LogP contribution is 2.28. The molecule has 0 fully saturated rings. The Labute approximate surface area is 156 Å². The van der Waals surface area contributed by atoms with Crippen molar-refractivity contribution in [1.82, 2.24) is 4.98 Å². The minimum atomic E-state index is -4.63. The predicted octanol–water partition coefficient (Wildman–Crippen LogP) is 1.40. The van der Waals surface area contributed by atoms with Crippen LogP contribution in [0.5, 0.6) is 5.75 Å². The van der Waals surface area contributed by atoms with E-state index in [2.05, 4.69) is 4.98 Å². The molecule has 8 nitrogen and oxygen atoms in total. The fourth-order valence-corrected chi connectivity index (χ4v) is 3.96. The zero-order chi connectivity index (χ0) is 20.1. The van der Waals surface area contributed by atoms with E-state index in [0.29, 0.717) is 5.75 Å². The number of sulfonamides is 1. The maximum atomic E-state index is 13.1. The molecule has 27 heavy (non-hydrogen) atoms. The maximum absolute atomic E-state index is 13.1. The topological polar surface area (TPSA) is 120 Å². The third kappa shape index (κ3) is 4.30. The molecule has 0 bridgehead atoms. The molecule has 0 spiro atoms. The summed E-state index contributed by atoms with van der Waals surface area (Å²) in [4.78, 5) is 16.3. The number of carbonyl (C=O) groups is 1. The van der Waals surface area contributed by atoms with Gasteiger partial charge in [0.15, 0.2) is 6.54 Å². The van der Waals surface area contributed by atoms with Crippen LogP contribution in [0.25, 0.3) is 0 Å². The van der Waals surface area contributed by atoms with E-state index < -0.39 is 45.7 Å². The van der Waals surface area contributed by atoms with Crippen molar-refractivity contribution >= 4 is 15.9 Å². The van der Waals surface area contributed by atoms with Gasteiger partial charge in [0.05, 0.1) is 13.8 Å². The molecule has 0 aliphatic rings. The molecule has 0 saturated carbocycles. The second kappa shape index (κ2) is 8.53. The highest BCUT2D eigenvalue weighted by atomic mass is 32.2. The average Bonchev–Trinajstić information content (AvgIpc) is 2.68. The number of quaternary nitrogens is 1. The van der Waals surface area contributed by atoms with Gasteiger partial charge in [-0.2, -0.15) is 13.6 Å². The average molecular weight is 398 g/mol. The van der Waals surface area contributed by atoms with Crippen molar-refractivity contribution in [2.24, 2.45) is 5.73 Å². The number of carbonyl (C=O) groups excluding carboxylic acids is 1. The Morgan fingerprint density at radius 3 is 2.52 bits per heavy atom. The second-order valence-electron chi connectivity index (χ2n) is 5.79. The van der Waals surface area contributed by atoms with Crippen molar-refractivity contribution < 1.29 is 31.6 Å². The monoisotopic (exact) mass is 398 g/mol. The van der Waals surface area contributed by atoms with Crippen LogP contribution in [0.15, 0.2) is 53.7 Å². The lowest BCUT2D eigenvalue weighted by atomic mass is 10.2. The molecule has 1 unspecified atom stereocenters. The number of ether oxygens (including phenoxy) is 1. The van der Waals surface area contributed by atoms with Gasteiger partial charge in [0.1, 0.15) is 16.7 Å². The van der Waals surface area contributed by atoms with Crippen molar-refractivity contribution in [1.29, 1.82) is 0 Å². The summed E-state index contributed by atoms with van der Waals surface area (Å²) in [5.41, 5.74) is 5.91. The van der Waals surface area contributed by atoms with E-state index in [1.165, 1.54) is 55.9 Å². The summed E-state index contributed by atoms with van der Waals surface area (Å²) in [6, 6.07) is 6.72. The second-order valence-corrected chi connectivity index (χ2v) is 7.82. The Morgan fingerprint density at radius 1 is 1.33 bits per heavy atom. The van der Waals surface area contributed by atoms with Gasteiger partial charge in [-0.05, 0) is 34.4 Å². The first kappa shape index (κ1) is 20.9. The predicted molar refractivity (Wildman–Crippen MR) is 93.7 cm³/mol. The summed E-state index contributed by atoms with van der Waals surface area (Å²) in [5, 5.41) is 11.0. The fourth-order valence-electron chi connectivity index (χ4n) is 2.44. The number of hydroxylamine groups is 2. The molecule has 0 saturated heterocycles. The largest absolute Gasteiger partial charge is 0.497 e. The van der Waals surface area contributed by atoms with Crippen molar-refractivity contribution in [3.63, 3.8) is 0 Å². The zero-order valence-corrected chi connectivity index (χ0v) is 15.5.